The van der Waals surface area contributed by atoms with Gasteiger partial charge in [0.05, 0.1) is 10.6 Å². The van der Waals surface area contributed by atoms with E-state index in [1.54, 1.807) is 12.1 Å². The SMILES string of the molecule is O=[N+]([O-])c1ccc(N=C(Cc2ccc(F)cc2)NO)c2nonc12. The van der Waals surface area contributed by atoms with Crippen molar-refractivity contribution in [1.29, 1.82) is 0 Å². The summed E-state index contributed by atoms with van der Waals surface area (Å²) in [4.78, 5) is 14.5. The van der Waals surface area contributed by atoms with Crippen LogP contribution in [0, 0.1) is 15.9 Å². The zero-order valence-corrected chi connectivity index (χ0v) is 12.0. The minimum absolute atomic E-state index is 0.0414. The Labute approximate surface area is 133 Å². The van der Waals surface area contributed by atoms with Gasteiger partial charge in [0.15, 0.2) is 5.52 Å². The maximum atomic E-state index is 12.9. The summed E-state index contributed by atoms with van der Waals surface area (Å²) in [6, 6.07) is 8.26. The van der Waals surface area contributed by atoms with Gasteiger partial charge >= 0.3 is 5.69 Å². The number of nitrogens with zero attached hydrogens (tertiary/aromatic N) is 4. The normalized spacial score (nSPS) is 11.7. The van der Waals surface area contributed by atoms with Crippen molar-refractivity contribution in [1.82, 2.24) is 15.8 Å². The molecule has 2 aromatic carbocycles. The summed E-state index contributed by atoms with van der Waals surface area (Å²) >= 11 is 0. The number of hydrogen-bond acceptors (Lipinski definition) is 7. The molecule has 0 aliphatic carbocycles. The van der Waals surface area contributed by atoms with Gasteiger partial charge in [0.25, 0.3) is 0 Å². The molecule has 0 fully saturated rings. The molecule has 3 rings (SSSR count). The Hall–Kier alpha value is -3.40. The molecule has 1 heterocycles. The van der Waals surface area contributed by atoms with Crippen LogP contribution >= 0.6 is 0 Å². The van der Waals surface area contributed by atoms with Gasteiger partial charge in [-0.1, -0.05) is 12.1 Å². The van der Waals surface area contributed by atoms with Gasteiger partial charge in [-0.05, 0) is 34.1 Å². The molecule has 0 unspecified atom stereocenters. The number of benzene rings is 2. The molecule has 1 aromatic heterocycles. The summed E-state index contributed by atoms with van der Waals surface area (Å²) in [6.45, 7) is 0. The van der Waals surface area contributed by atoms with Crippen LogP contribution in [-0.2, 0) is 6.42 Å². The molecule has 0 spiro atoms. The van der Waals surface area contributed by atoms with Crippen molar-refractivity contribution in [2.75, 3.05) is 0 Å². The number of rotatable bonds is 4. The first-order chi connectivity index (χ1) is 11.6. The van der Waals surface area contributed by atoms with Crippen LogP contribution in [0.25, 0.3) is 11.0 Å². The third kappa shape index (κ3) is 3.03. The van der Waals surface area contributed by atoms with Gasteiger partial charge in [-0.2, -0.15) is 0 Å². The van der Waals surface area contributed by atoms with Crippen LogP contribution in [0.2, 0.25) is 0 Å². The maximum absolute atomic E-state index is 12.9. The van der Waals surface area contributed by atoms with E-state index < -0.39 is 4.92 Å². The van der Waals surface area contributed by atoms with Crippen molar-refractivity contribution >= 4 is 28.2 Å². The van der Waals surface area contributed by atoms with Crippen molar-refractivity contribution in [3.8, 4) is 0 Å². The lowest BCUT2D eigenvalue weighted by atomic mass is 10.1. The molecule has 122 valence electrons. The van der Waals surface area contributed by atoms with E-state index in [1.807, 2.05) is 5.48 Å². The Kier molecular flexibility index (Phi) is 4.12. The minimum atomic E-state index is -0.607. The van der Waals surface area contributed by atoms with Crippen LogP contribution in [0.5, 0.6) is 0 Å². The lowest BCUT2D eigenvalue weighted by molar-refractivity contribution is -0.383. The highest BCUT2D eigenvalue weighted by Crippen LogP contribution is 2.30. The molecule has 0 bridgehead atoms. The maximum Gasteiger partial charge on any atom is 0.300 e. The highest BCUT2D eigenvalue weighted by atomic mass is 19.1. The Morgan fingerprint density at radius 1 is 1.25 bits per heavy atom. The molecular weight excluding hydrogens is 321 g/mol. The Balaban J connectivity index is 1.98. The standard InChI is InChI=1S/C14H10FN5O4/c15-9-3-1-8(2-4-9)7-12(17-21)16-10-5-6-11(20(22)23)14-13(10)18-24-19-14/h1-6,21H,7H2,(H,16,17). The van der Waals surface area contributed by atoms with E-state index >= 15 is 0 Å². The van der Waals surface area contributed by atoms with Gasteiger partial charge in [-0.25, -0.2) is 14.0 Å². The lowest BCUT2D eigenvalue weighted by Gasteiger charge is -2.05. The Bertz CT molecular complexity index is 923. The summed E-state index contributed by atoms with van der Waals surface area (Å²) in [5, 5.41) is 27.3. The van der Waals surface area contributed by atoms with E-state index in [9.17, 15) is 19.7 Å². The minimum Gasteiger partial charge on any atom is -0.290 e. The number of halogens is 1. The summed E-state index contributed by atoms with van der Waals surface area (Å²) in [6.07, 6.45) is 0.181. The number of aliphatic imine (C=N–C) groups is 1. The van der Waals surface area contributed by atoms with E-state index in [1.165, 1.54) is 24.3 Å². The number of nitro groups is 1. The van der Waals surface area contributed by atoms with Crippen molar-refractivity contribution < 1.29 is 19.2 Å². The van der Waals surface area contributed by atoms with Gasteiger partial charge in [0.1, 0.15) is 11.7 Å². The van der Waals surface area contributed by atoms with E-state index in [4.69, 9.17) is 0 Å². The summed E-state index contributed by atoms with van der Waals surface area (Å²) in [5.74, 6) is -0.236. The Morgan fingerprint density at radius 2 is 1.96 bits per heavy atom. The molecule has 0 radical (unpaired) electrons. The molecular formula is C14H10FN5O4. The van der Waals surface area contributed by atoms with Crippen molar-refractivity contribution in [3.63, 3.8) is 0 Å². The molecule has 0 saturated heterocycles. The highest BCUT2D eigenvalue weighted by molar-refractivity contribution is 5.95. The number of amidine groups is 1. The third-order valence-corrected chi connectivity index (χ3v) is 3.24. The number of nitrogens with one attached hydrogen (secondary N) is 1. The number of fused-ring (bicyclic) bond motifs is 1. The summed E-state index contributed by atoms with van der Waals surface area (Å²) in [5.41, 5.74) is 2.68. The smallest absolute Gasteiger partial charge is 0.290 e. The van der Waals surface area contributed by atoms with E-state index in [0.29, 0.717) is 5.56 Å². The van der Waals surface area contributed by atoms with Crippen LogP contribution in [0.3, 0.4) is 0 Å². The van der Waals surface area contributed by atoms with Crippen LogP contribution in [0.4, 0.5) is 15.8 Å². The second-order valence-electron chi connectivity index (χ2n) is 4.80. The molecule has 2 N–H and O–H groups in total. The number of nitro benzene ring substituents is 1. The molecule has 9 nitrogen and oxygen atoms in total. The molecule has 0 saturated carbocycles. The summed E-state index contributed by atoms with van der Waals surface area (Å²) in [7, 11) is 0. The predicted octanol–water partition coefficient (Wildman–Crippen LogP) is 2.52. The van der Waals surface area contributed by atoms with Gasteiger partial charge < -0.3 is 0 Å². The lowest BCUT2D eigenvalue weighted by Crippen LogP contribution is -2.21. The number of hydrogen-bond donors (Lipinski definition) is 2. The van der Waals surface area contributed by atoms with Crippen molar-refractivity contribution in [2.24, 2.45) is 4.99 Å². The van der Waals surface area contributed by atoms with E-state index in [-0.39, 0.29) is 40.5 Å². The van der Waals surface area contributed by atoms with Crippen LogP contribution in [0.15, 0.2) is 46.0 Å². The molecule has 0 aliphatic rings. The number of aromatic nitrogens is 2. The first kappa shape index (κ1) is 15.5. The first-order valence-electron chi connectivity index (χ1n) is 6.70. The molecule has 24 heavy (non-hydrogen) atoms. The molecule has 0 atom stereocenters. The van der Waals surface area contributed by atoms with Crippen LogP contribution in [0.1, 0.15) is 5.56 Å². The van der Waals surface area contributed by atoms with E-state index in [2.05, 4.69) is 19.9 Å². The second-order valence-corrected chi connectivity index (χ2v) is 4.80. The van der Waals surface area contributed by atoms with Gasteiger partial charge in [-0.3, -0.25) is 20.8 Å². The van der Waals surface area contributed by atoms with Gasteiger partial charge in [0.2, 0.25) is 5.52 Å². The fraction of sp³-hybridized carbons (Fsp3) is 0.0714. The second kappa shape index (κ2) is 6.38. The molecule has 3 aromatic rings. The quantitative estimate of drug-likeness (QED) is 0.325. The van der Waals surface area contributed by atoms with Crippen LogP contribution < -0.4 is 5.48 Å². The van der Waals surface area contributed by atoms with Crippen molar-refractivity contribution in [3.05, 3.63) is 57.9 Å². The summed E-state index contributed by atoms with van der Waals surface area (Å²) < 4.78 is 17.5. The molecule has 0 aliphatic heterocycles. The molecule has 10 heteroatoms. The van der Waals surface area contributed by atoms with E-state index in [0.717, 1.165) is 0 Å². The first-order valence-corrected chi connectivity index (χ1v) is 6.70. The topological polar surface area (TPSA) is 127 Å². The average molecular weight is 331 g/mol. The zero-order chi connectivity index (χ0) is 17.1. The Morgan fingerprint density at radius 3 is 2.62 bits per heavy atom. The average Bonchev–Trinajstić information content (AvgIpc) is 3.06. The monoisotopic (exact) mass is 331 g/mol. The fourth-order valence-electron chi connectivity index (χ4n) is 2.12. The number of non-ortho nitro benzene ring substituents is 1. The largest absolute Gasteiger partial charge is 0.300 e. The highest BCUT2D eigenvalue weighted by Gasteiger charge is 2.19. The van der Waals surface area contributed by atoms with Crippen molar-refractivity contribution in [2.45, 2.75) is 6.42 Å². The molecule has 0 amide bonds. The predicted molar refractivity (Wildman–Crippen MR) is 80.6 cm³/mol. The zero-order valence-electron chi connectivity index (χ0n) is 12.0. The number of hydroxylamine groups is 1. The fourth-order valence-corrected chi connectivity index (χ4v) is 2.12. The third-order valence-electron chi connectivity index (χ3n) is 3.24. The van der Waals surface area contributed by atoms with Gasteiger partial charge in [0, 0.05) is 12.5 Å². The van der Waals surface area contributed by atoms with Crippen LogP contribution in [-0.4, -0.2) is 26.3 Å². The van der Waals surface area contributed by atoms with Gasteiger partial charge in [-0.15, -0.1) is 0 Å².